The number of ether oxygens (including phenoxy) is 1. The maximum atomic E-state index is 10.9. The van der Waals surface area contributed by atoms with E-state index in [4.69, 9.17) is 4.74 Å². The van der Waals surface area contributed by atoms with Crippen molar-refractivity contribution < 1.29 is 9.66 Å². The lowest BCUT2D eigenvalue weighted by Crippen LogP contribution is -2.04. The molecule has 0 aliphatic heterocycles. The van der Waals surface area contributed by atoms with Gasteiger partial charge in [-0.25, -0.2) is 0 Å². The van der Waals surface area contributed by atoms with Crippen LogP contribution >= 0.6 is 0 Å². The maximum Gasteiger partial charge on any atom is 0.311 e. The Bertz CT molecular complexity index is 433. The third kappa shape index (κ3) is 5.47. The predicted octanol–water partition coefficient (Wildman–Crippen LogP) is 4.23. The van der Waals surface area contributed by atoms with Crippen molar-refractivity contribution in [2.45, 2.75) is 40.0 Å². The molecule has 1 rings (SSSR count). The number of anilines is 1. The van der Waals surface area contributed by atoms with E-state index < -0.39 is 4.92 Å². The summed E-state index contributed by atoms with van der Waals surface area (Å²) in [7, 11) is 0. The van der Waals surface area contributed by atoms with Crippen LogP contribution in [0.3, 0.4) is 0 Å². The molecule has 0 saturated heterocycles. The van der Waals surface area contributed by atoms with E-state index in [0.717, 1.165) is 24.6 Å². The minimum absolute atomic E-state index is 0.0113. The Hall–Kier alpha value is -1.78. The molecule has 0 aromatic heterocycles. The summed E-state index contributed by atoms with van der Waals surface area (Å²) in [5, 5.41) is 14.2. The van der Waals surface area contributed by atoms with Crippen LogP contribution in [-0.4, -0.2) is 18.1 Å². The normalized spacial score (nSPS) is 10.6. The van der Waals surface area contributed by atoms with Crippen molar-refractivity contribution >= 4 is 11.4 Å². The van der Waals surface area contributed by atoms with Crippen molar-refractivity contribution in [3.8, 4) is 5.75 Å². The van der Waals surface area contributed by atoms with Crippen molar-refractivity contribution in [1.29, 1.82) is 0 Å². The van der Waals surface area contributed by atoms with Crippen LogP contribution in [0.5, 0.6) is 5.75 Å². The van der Waals surface area contributed by atoms with E-state index in [0.29, 0.717) is 12.4 Å². The Morgan fingerprint density at radius 1 is 1.35 bits per heavy atom. The molecule has 0 aliphatic rings. The molecular formula is C15H24N2O3. The van der Waals surface area contributed by atoms with Gasteiger partial charge >= 0.3 is 5.69 Å². The lowest BCUT2D eigenvalue weighted by Gasteiger charge is -2.10. The molecule has 0 atom stereocenters. The van der Waals surface area contributed by atoms with Crippen LogP contribution in [0.1, 0.15) is 40.0 Å². The van der Waals surface area contributed by atoms with Gasteiger partial charge < -0.3 is 10.1 Å². The van der Waals surface area contributed by atoms with Crippen LogP contribution < -0.4 is 10.1 Å². The van der Waals surface area contributed by atoms with E-state index in [1.54, 1.807) is 12.1 Å². The van der Waals surface area contributed by atoms with E-state index in [1.165, 1.54) is 18.9 Å². The third-order valence-electron chi connectivity index (χ3n) is 2.99. The maximum absolute atomic E-state index is 10.9. The number of rotatable bonds is 9. The molecule has 0 aliphatic carbocycles. The molecule has 1 aromatic carbocycles. The summed E-state index contributed by atoms with van der Waals surface area (Å²) in [5.74, 6) is 1.06. The highest BCUT2D eigenvalue weighted by Crippen LogP contribution is 2.30. The Balaban J connectivity index is 2.54. The average Bonchev–Trinajstić information content (AvgIpc) is 2.38. The van der Waals surface area contributed by atoms with Gasteiger partial charge in [-0.15, -0.1) is 0 Å². The van der Waals surface area contributed by atoms with E-state index in [1.807, 2.05) is 6.92 Å². The summed E-state index contributed by atoms with van der Waals surface area (Å²) < 4.78 is 5.32. The average molecular weight is 280 g/mol. The highest BCUT2D eigenvalue weighted by atomic mass is 16.6. The molecule has 0 spiro atoms. The van der Waals surface area contributed by atoms with Crippen LogP contribution in [-0.2, 0) is 0 Å². The molecule has 112 valence electrons. The number of hydrogen-bond acceptors (Lipinski definition) is 4. The first-order chi connectivity index (χ1) is 9.54. The number of unbranched alkanes of at least 4 members (excludes halogenated alkanes) is 1. The summed E-state index contributed by atoms with van der Waals surface area (Å²) in [6, 6.07) is 4.91. The quantitative estimate of drug-likeness (QED) is 0.417. The van der Waals surface area contributed by atoms with Crippen molar-refractivity contribution in [3.05, 3.63) is 28.3 Å². The topological polar surface area (TPSA) is 64.4 Å². The van der Waals surface area contributed by atoms with Crippen molar-refractivity contribution in [1.82, 2.24) is 0 Å². The Morgan fingerprint density at radius 2 is 2.10 bits per heavy atom. The van der Waals surface area contributed by atoms with E-state index in [9.17, 15) is 10.1 Å². The zero-order valence-corrected chi connectivity index (χ0v) is 12.5. The van der Waals surface area contributed by atoms with Gasteiger partial charge in [0.2, 0.25) is 0 Å². The van der Waals surface area contributed by atoms with Crippen molar-refractivity contribution in [2.24, 2.45) is 5.92 Å². The number of benzene rings is 1. The molecule has 0 heterocycles. The summed E-state index contributed by atoms with van der Waals surface area (Å²) in [4.78, 5) is 10.5. The fraction of sp³-hybridized carbons (Fsp3) is 0.600. The number of nitrogens with zero attached hydrogens (tertiary/aromatic N) is 1. The van der Waals surface area contributed by atoms with Gasteiger partial charge in [-0.2, -0.15) is 0 Å². The fourth-order valence-electron chi connectivity index (χ4n) is 1.96. The summed E-state index contributed by atoms with van der Waals surface area (Å²) in [6.07, 6.45) is 3.52. The minimum Gasteiger partial charge on any atom is -0.487 e. The summed E-state index contributed by atoms with van der Waals surface area (Å²) >= 11 is 0. The molecule has 1 aromatic rings. The smallest absolute Gasteiger partial charge is 0.311 e. The largest absolute Gasteiger partial charge is 0.487 e. The molecule has 0 radical (unpaired) electrons. The molecule has 5 nitrogen and oxygen atoms in total. The zero-order valence-electron chi connectivity index (χ0n) is 12.5. The first-order valence-electron chi connectivity index (χ1n) is 7.19. The molecule has 0 amide bonds. The van der Waals surface area contributed by atoms with E-state index in [-0.39, 0.29) is 5.69 Å². The third-order valence-corrected chi connectivity index (χ3v) is 2.99. The molecule has 0 bridgehead atoms. The predicted molar refractivity (Wildman–Crippen MR) is 81.4 cm³/mol. The standard InChI is InChI=1S/C15H24N2O3/c1-4-20-15-11-13(8-9-14(15)17(18)19)16-10-6-5-7-12(2)3/h8-9,11-12,16H,4-7,10H2,1-3H3. The Labute approximate surface area is 120 Å². The number of nitrogens with one attached hydrogen (secondary N) is 1. The molecule has 5 heteroatoms. The van der Waals surface area contributed by atoms with Crippen LogP contribution in [0.4, 0.5) is 11.4 Å². The lowest BCUT2D eigenvalue weighted by atomic mass is 10.1. The molecule has 1 N–H and O–H groups in total. The zero-order chi connectivity index (χ0) is 15.0. The van der Waals surface area contributed by atoms with E-state index >= 15 is 0 Å². The lowest BCUT2D eigenvalue weighted by molar-refractivity contribution is -0.385. The minimum atomic E-state index is -0.419. The molecule has 0 unspecified atom stereocenters. The Kier molecular flexibility index (Phi) is 6.84. The van der Waals surface area contributed by atoms with Crippen molar-refractivity contribution in [3.63, 3.8) is 0 Å². The van der Waals surface area contributed by atoms with Crippen molar-refractivity contribution in [2.75, 3.05) is 18.5 Å². The number of hydrogen-bond donors (Lipinski definition) is 1. The highest BCUT2D eigenvalue weighted by molar-refractivity contribution is 5.57. The summed E-state index contributed by atoms with van der Waals surface area (Å²) in [6.45, 7) is 7.54. The second-order valence-corrected chi connectivity index (χ2v) is 5.19. The van der Waals surface area contributed by atoms with Crippen LogP contribution in [0.25, 0.3) is 0 Å². The number of nitro benzene ring substituents is 1. The molecular weight excluding hydrogens is 256 g/mol. The fourth-order valence-corrected chi connectivity index (χ4v) is 1.96. The van der Waals surface area contributed by atoms with Gasteiger partial charge in [0.25, 0.3) is 0 Å². The van der Waals surface area contributed by atoms with Crippen LogP contribution in [0.2, 0.25) is 0 Å². The van der Waals surface area contributed by atoms with Gasteiger partial charge in [0.1, 0.15) is 0 Å². The number of nitro groups is 1. The van der Waals surface area contributed by atoms with E-state index in [2.05, 4.69) is 19.2 Å². The van der Waals surface area contributed by atoms with Crippen LogP contribution in [0.15, 0.2) is 18.2 Å². The molecule has 0 fully saturated rings. The second-order valence-electron chi connectivity index (χ2n) is 5.19. The first kappa shape index (κ1) is 16.3. The highest BCUT2D eigenvalue weighted by Gasteiger charge is 2.14. The van der Waals surface area contributed by atoms with Crippen LogP contribution in [0, 0.1) is 16.0 Å². The molecule has 20 heavy (non-hydrogen) atoms. The summed E-state index contributed by atoms with van der Waals surface area (Å²) in [5.41, 5.74) is 0.876. The Morgan fingerprint density at radius 3 is 2.70 bits per heavy atom. The SMILES string of the molecule is CCOc1cc(NCCCCC(C)C)ccc1[N+](=O)[O-]. The van der Waals surface area contributed by atoms with Gasteiger partial charge in [-0.1, -0.05) is 26.7 Å². The first-order valence-corrected chi connectivity index (χ1v) is 7.19. The van der Waals surface area contributed by atoms with Gasteiger partial charge in [0.05, 0.1) is 11.5 Å². The van der Waals surface area contributed by atoms with Gasteiger partial charge in [0.15, 0.2) is 5.75 Å². The molecule has 0 saturated carbocycles. The van der Waals surface area contributed by atoms with Gasteiger partial charge in [-0.3, -0.25) is 10.1 Å². The van der Waals surface area contributed by atoms with Gasteiger partial charge in [-0.05, 0) is 25.3 Å². The monoisotopic (exact) mass is 280 g/mol. The second kappa shape index (κ2) is 8.40. The van der Waals surface area contributed by atoms with Gasteiger partial charge in [0, 0.05) is 24.4 Å².